The minimum atomic E-state index is 0.581. The summed E-state index contributed by atoms with van der Waals surface area (Å²) < 4.78 is 5.94. The Balaban J connectivity index is 2.49. The van der Waals surface area contributed by atoms with Crippen LogP contribution >= 0.6 is 46.4 Å². The molecule has 3 nitrogen and oxygen atoms in total. The molecule has 2 N–H and O–H groups in total. The smallest absolute Gasteiger partial charge is 0.170 e. The summed E-state index contributed by atoms with van der Waals surface area (Å²) in [4.78, 5) is 0. The highest BCUT2D eigenvalue weighted by Crippen LogP contribution is 2.22. The van der Waals surface area contributed by atoms with Crippen LogP contribution in [0.2, 0.25) is 5.02 Å². The van der Waals surface area contributed by atoms with E-state index >= 15 is 0 Å². The fraction of sp³-hybridized carbons (Fsp3) is 0.300. The van der Waals surface area contributed by atoms with Crippen molar-refractivity contribution in [2.24, 2.45) is 0 Å². The third-order valence-corrected chi connectivity index (χ3v) is 3.15. The Morgan fingerprint density at radius 2 is 2.31 bits per heavy atom. The van der Waals surface area contributed by atoms with Crippen molar-refractivity contribution in [1.82, 2.24) is 5.32 Å². The lowest BCUT2D eigenvalue weighted by Gasteiger charge is -2.11. The van der Waals surface area contributed by atoms with E-state index in [1.165, 1.54) is 0 Å². The van der Waals surface area contributed by atoms with E-state index in [0.29, 0.717) is 23.3 Å². The molecule has 16 heavy (non-hydrogen) atoms. The van der Waals surface area contributed by atoms with Gasteiger partial charge in [-0.1, -0.05) is 11.6 Å². The molecule has 1 aromatic carbocycles. The van der Waals surface area contributed by atoms with Gasteiger partial charge in [0.25, 0.3) is 0 Å². The number of rotatable bonds is 4. The average Bonchev–Trinajstić information content (AvgIpc) is 2.23. The number of nitrogens with one attached hydrogen (secondary N) is 2. The molecular formula is C10H12ClIN2OS. The van der Waals surface area contributed by atoms with Crippen molar-refractivity contribution in [3.63, 3.8) is 0 Å². The maximum atomic E-state index is 5.86. The molecule has 1 rings (SSSR count). The molecule has 0 saturated heterocycles. The molecule has 0 aromatic heterocycles. The van der Waals surface area contributed by atoms with Crippen LogP contribution < -0.4 is 10.6 Å². The summed E-state index contributed by atoms with van der Waals surface area (Å²) in [7, 11) is 1.65. The van der Waals surface area contributed by atoms with E-state index in [1.54, 1.807) is 7.11 Å². The molecule has 0 bridgehead atoms. The van der Waals surface area contributed by atoms with Crippen LogP contribution in [0.25, 0.3) is 0 Å². The second kappa shape index (κ2) is 7.26. The van der Waals surface area contributed by atoms with Crippen LogP contribution in [0.3, 0.4) is 0 Å². The first-order chi connectivity index (χ1) is 7.63. The molecular weight excluding hydrogens is 359 g/mol. The van der Waals surface area contributed by atoms with Gasteiger partial charge in [0.15, 0.2) is 5.11 Å². The number of benzene rings is 1. The second-order valence-corrected chi connectivity index (χ2v) is 5.00. The third-order valence-electron chi connectivity index (χ3n) is 1.77. The van der Waals surface area contributed by atoms with Crippen molar-refractivity contribution in [3.05, 3.63) is 26.8 Å². The summed E-state index contributed by atoms with van der Waals surface area (Å²) >= 11 is 13.2. The van der Waals surface area contributed by atoms with Gasteiger partial charge in [0.2, 0.25) is 0 Å². The molecule has 0 aliphatic heterocycles. The van der Waals surface area contributed by atoms with Crippen LogP contribution in [0, 0.1) is 3.57 Å². The zero-order valence-corrected chi connectivity index (χ0v) is 12.4. The monoisotopic (exact) mass is 370 g/mol. The number of thiocarbonyl (C=S) groups is 1. The van der Waals surface area contributed by atoms with Crippen molar-refractivity contribution < 1.29 is 4.74 Å². The summed E-state index contributed by atoms with van der Waals surface area (Å²) in [5.41, 5.74) is 0.944. The minimum absolute atomic E-state index is 0.581. The normalized spacial score (nSPS) is 9.94. The summed E-state index contributed by atoms with van der Waals surface area (Å²) in [5, 5.41) is 7.42. The van der Waals surface area contributed by atoms with Crippen LogP contribution in [0.1, 0.15) is 0 Å². The first-order valence-corrected chi connectivity index (χ1v) is 6.49. The van der Waals surface area contributed by atoms with E-state index in [4.69, 9.17) is 28.6 Å². The Hall–Kier alpha value is -0.110. The molecule has 0 atom stereocenters. The van der Waals surface area contributed by atoms with Gasteiger partial charge < -0.3 is 15.4 Å². The SMILES string of the molecule is COCCNC(=S)Nc1ccc(Cl)cc1I. The van der Waals surface area contributed by atoms with Crippen LogP contribution in [0.5, 0.6) is 0 Å². The summed E-state index contributed by atoms with van der Waals surface area (Å²) in [6.45, 7) is 1.31. The van der Waals surface area contributed by atoms with Crippen molar-refractivity contribution in [1.29, 1.82) is 0 Å². The van der Waals surface area contributed by atoms with Gasteiger partial charge in [0, 0.05) is 22.2 Å². The lowest BCUT2D eigenvalue weighted by molar-refractivity contribution is 0.204. The van der Waals surface area contributed by atoms with Crippen LogP contribution in [0.4, 0.5) is 5.69 Å². The van der Waals surface area contributed by atoms with E-state index in [2.05, 4.69) is 33.2 Å². The molecule has 0 spiro atoms. The lowest BCUT2D eigenvalue weighted by Crippen LogP contribution is -2.31. The number of anilines is 1. The van der Waals surface area contributed by atoms with Gasteiger partial charge in [0.05, 0.1) is 12.3 Å². The Bertz CT molecular complexity index is 376. The second-order valence-electron chi connectivity index (χ2n) is 3.00. The maximum absolute atomic E-state index is 5.86. The van der Waals surface area contributed by atoms with E-state index in [9.17, 15) is 0 Å². The molecule has 0 aliphatic rings. The highest BCUT2D eigenvalue weighted by atomic mass is 127. The minimum Gasteiger partial charge on any atom is -0.383 e. The summed E-state index contributed by atoms with van der Waals surface area (Å²) in [6, 6.07) is 5.60. The first-order valence-electron chi connectivity index (χ1n) is 4.62. The van der Waals surface area contributed by atoms with Gasteiger partial charge in [-0.15, -0.1) is 0 Å². The van der Waals surface area contributed by atoms with Crippen LogP contribution in [0.15, 0.2) is 18.2 Å². The molecule has 88 valence electrons. The predicted molar refractivity (Wildman–Crippen MR) is 80.3 cm³/mol. The molecule has 0 saturated carbocycles. The Morgan fingerprint density at radius 3 is 2.94 bits per heavy atom. The van der Waals surface area contributed by atoms with E-state index in [-0.39, 0.29) is 0 Å². The molecule has 0 heterocycles. The van der Waals surface area contributed by atoms with Gasteiger partial charge in [0.1, 0.15) is 0 Å². The molecule has 0 aliphatic carbocycles. The summed E-state index contributed by atoms with van der Waals surface area (Å²) in [5.74, 6) is 0. The van der Waals surface area contributed by atoms with E-state index in [0.717, 1.165) is 9.26 Å². The molecule has 0 radical (unpaired) electrons. The average molecular weight is 371 g/mol. The number of hydrogen-bond acceptors (Lipinski definition) is 2. The van der Waals surface area contributed by atoms with Crippen molar-refractivity contribution >= 4 is 57.2 Å². The third kappa shape index (κ3) is 4.82. The molecule has 1 aromatic rings. The Morgan fingerprint density at radius 1 is 1.56 bits per heavy atom. The summed E-state index contributed by atoms with van der Waals surface area (Å²) in [6.07, 6.45) is 0. The zero-order valence-electron chi connectivity index (χ0n) is 8.72. The van der Waals surface area contributed by atoms with Crippen LogP contribution in [-0.2, 0) is 4.74 Å². The molecule has 0 amide bonds. The van der Waals surface area contributed by atoms with Gasteiger partial charge in [-0.2, -0.15) is 0 Å². The highest BCUT2D eigenvalue weighted by Gasteiger charge is 2.02. The fourth-order valence-electron chi connectivity index (χ4n) is 1.02. The standard InChI is InChI=1S/C10H12ClIN2OS/c1-15-5-4-13-10(16)14-9-3-2-7(11)6-8(9)12/h2-3,6H,4-5H2,1H3,(H2,13,14,16). The lowest BCUT2D eigenvalue weighted by atomic mass is 10.3. The van der Waals surface area contributed by atoms with Gasteiger partial charge >= 0.3 is 0 Å². The maximum Gasteiger partial charge on any atom is 0.170 e. The molecule has 0 unspecified atom stereocenters. The quantitative estimate of drug-likeness (QED) is 0.485. The van der Waals surface area contributed by atoms with Crippen LogP contribution in [-0.4, -0.2) is 25.4 Å². The number of hydrogen-bond donors (Lipinski definition) is 2. The highest BCUT2D eigenvalue weighted by molar-refractivity contribution is 14.1. The Labute approximate surface area is 119 Å². The molecule has 6 heteroatoms. The zero-order chi connectivity index (χ0) is 12.0. The predicted octanol–water partition coefficient (Wildman–Crippen LogP) is 2.88. The van der Waals surface area contributed by atoms with Gasteiger partial charge in [-0.25, -0.2) is 0 Å². The van der Waals surface area contributed by atoms with Gasteiger partial charge in [-0.05, 0) is 53.0 Å². The van der Waals surface area contributed by atoms with Crippen molar-refractivity contribution in [3.8, 4) is 0 Å². The first kappa shape index (κ1) is 14.0. The Kier molecular flexibility index (Phi) is 6.33. The topological polar surface area (TPSA) is 33.3 Å². The van der Waals surface area contributed by atoms with E-state index in [1.807, 2.05) is 18.2 Å². The number of ether oxygens (including phenoxy) is 1. The fourth-order valence-corrected chi connectivity index (χ4v) is 2.24. The number of methoxy groups -OCH3 is 1. The van der Waals surface area contributed by atoms with Gasteiger partial charge in [-0.3, -0.25) is 0 Å². The van der Waals surface area contributed by atoms with Crippen molar-refractivity contribution in [2.45, 2.75) is 0 Å². The largest absolute Gasteiger partial charge is 0.383 e. The van der Waals surface area contributed by atoms with Crippen molar-refractivity contribution in [2.75, 3.05) is 25.6 Å². The number of halogens is 2. The van der Waals surface area contributed by atoms with E-state index < -0.39 is 0 Å². The molecule has 0 fully saturated rings.